The van der Waals surface area contributed by atoms with Crippen LogP contribution in [0.25, 0.3) is 0 Å². The van der Waals surface area contributed by atoms with Crippen molar-refractivity contribution in [2.45, 2.75) is 58.0 Å². The van der Waals surface area contributed by atoms with E-state index in [9.17, 15) is 0 Å². The molecule has 3 rings (SSSR count). The fourth-order valence-corrected chi connectivity index (χ4v) is 4.07. The highest BCUT2D eigenvalue weighted by atomic mass is 15.2. The zero-order chi connectivity index (χ0) is 14.7. The van der Waals surface area contributed by atoms with Crippen LogP contribution in [0.2, 0.25) is 0 Å². The van der Waals surface area contributed by atoms with Gasteiger partial charge in [0.25, 0.3) is 0 Å². The monoisotopic (exact) mass is 286 g/mol. The molecule has 2 atom stereocenters. The zero-order valence-corrected chi connectivity index (χ0v) is 13.6. The number of nitrogens with one attached hydrogen (secondary N) is 1. The Bertz CT molecular complexity index is 434. The lowest BCUT2D eigenvalue weighted by Crippen LogP contribution is -2.38. The Morgan fingerprint density at radius 3 is 2.52 bits per heavy atom. The highest BCUT2D eigenvalue weighted by molar-refractivity contribution is 5.20. The van der Waals surface area contributed by atoms with Crippen LogP contribution >= 0.6 is 0 Å². The van der Waals surface area contributed by atoms with E-state index in [0.717, 1.165) is 6.54 Å². The van der Waals surface area contributed by atoms with Crippen molar-refractivity contribution >= 4 is 0 Å². The predicted molar refractivity (Wildman–Crippen MR) is 89.4 cm³/mol. The lowest BCUT2D eigenvalue weighted by atomic mass is 9.92. The van der Waals surface area contributed by atoms with Gasteiger partial charge in [-0.3, -0.25) is 4.90 Å². The maximum Gasteiger partial charge on any atom is 0.0472 e. The SMILES string of the molecule is CC1(C)CCC(NCC(c2ccccc2)N2CCCC2)C1. The maximum atomic E-state index is 3.87. The number of likely N-dealkylation sites (tertiary alicyclic amines) is 1. The van der Waals surface area contributed by atoms with Crippen molar-refractivity contribution in [3.8, 4) is 0 Å². The number of rotatable bonds is 5. The normalized spacial score (nSPS) is 27.0. The van der Waals surface area contributed by atoms with Gasteiger partial charge in [-0.1, -0.05) is 44.2 Å². The van der Waals surface area contributed by atoms with Crippen LogP contribution in [0.4, 0.5) is 0 Å². The highest BCUT2D eigenvalue weighted by Crippen LogP contribution is 2.37. The fraction of sp³-hybridized carbons (Fsp3) is 0.684. The molecule has 1 aromatic carbocycles. The highest BCUT2D eigenvalue weighted by Gasteiger charge is 2.31. The Kier molecular flexibility index (Phi) is 4.66. The Morgan fingerprint density at radius 2 is 1.90 bits per heavy atom. The van der Waals surface area contributed by atoms with Gasteiger partial charge < -0.3 is 5.32 Å². The summed E-state index contributed by atoms with van der Waals surface area (Å²) < 4.78 is 0. The lowest BCUT2D eigenvalue weighted by molar-refractivity contribution is 0.230. The van der Waals surface area contributed by atoms with Crippen LogP contribution in [-0.2, 0) is 0 Å². The van der Waals surface area contributed by atoms with Crippen LogP contribution in [0.3, 0.4) is 0 Å². The molecular formula is C19H30N2. The molecule has 1 heterocycles. The second kappa shape index (κ2) is 6.50. The van der Waals surface area contributed by atoms with Gasteiger partial charge in [0.2, 0.25) is 0 Å². The Balaban J connectivity index is 1.63. The first kappa shape index (κ1) is 15.1. The van der Waals surface area contributed by atoms with Gasteiger partial charge in [0.1, 0.15) is 0 Å². The van der Waals surface area contributed by atoms with E-state index in [1.54, 1.807) is 0 Å². The van der Waals surface area contributed by atoms with Crippen LogP contribution in [0.5, 0.6) is 0 Å². The Hall–Kier alpha value is -0.860. The Morgan fingerprint density at radius 1 is 1.19 bits per heavy atom. The first-order valence-corrected chi connectivity index (χ1v) is 8.66. The first-order valence-electron chi connectivity index (χ1n) is 8.66. The molecule has 2 nitrogen and oxygen atoms in total. The molecule has 21 heavy (non-hydrogen) atoms. The van der Waals surface area contributed by atoms with Crippen molar-refractivity contribution in [1.29, 1.82) is 0 Å². The molecule has 0 amide bonds. The summed E-state index contributed by atoms with van der Waals surface area (Å²) in [7, 11) is 0. The molecule has 1 N–H and O–H groups in total. The maximum absolute atomic E-state index is 3.87. The molecule has 1 aromatic rings. The summed E-state index contributed by atoms with van der Waals surface area (Å²) in [6, 6.07) is 12.3. The van der Waals surface area contributed by atoms with E-state index < -0.39 is 0 Å². The molecule has 1 saturated heterocycles. The van der Waals surface area contributed by atoms with Crippen LogP contribution in [0, 0.1) is 5.41 Å². The van der Waals surface area contributed by atoms with E-state index in [-0.39, 0.29) is 0 Å². The minimum atomic E-state index is 0.535. The summed E-state index contributed by atoms with van der Waals surface area (Å²) in [5.41, 5.74) is 2.01. The van der Waals surface area contributed by atoms with Crippen molar-refractivity contribution in [1.82, 2.24) is 10.2 Å². The molecule has 2 aliphatic rings. The second-order valence-corrected chi connectivity index (χ2v) is 7.68. The van der Waals surface area contributed by atoms with Gasteiger partial charge in [-0.05, 0) is 56.2 Å². The number of hydrogen-bond donors (Lipinski definition) is 1. The molecule has 1 aliphatic heterocycles. The second-order valence-electron chi connectivity index (χ2n) is 7.68. The average molecular weight is 286 g/mol. The van der Waals surface area contributed by atoms with Gasteiger partial charge in [0.15, 0.2) is 0 Å². The topological polar surface area (TPSA) is 15.3 Å². The van der Waals surface area contributed by atoms with Crippen molar-refractivity contribution in [2.75, 3.05) is 19.6 Å². The first-order chi connectivity index (χ1) is 10.1. The fourth-order valence-electron chi connectivity index (χ4n) is 4.07. The molecule has 2 heteroatoms. The van der Waals surface area contributed by atoms with E-state index in [0.29, 0.717) is 17.5 Å². The smallest absolute Gasteiger partial charge is 0.0472 e. The van der Waals surface area contributed by atoms with Crippen LogP contribution in [-0.4, -0.2) is 30.6 Å². The van der Waals surface area contributed by atoms with E-state index in [1.165, 1.54) is 50.8 Å². The van der Waals surface area contributed by atoms with Gasteiger partial charge in [-0.25, -0.2) is 0 Å². The van der Waals surface area contributed by atoms with Crippen LogP contribution in [0.15, 0.2) is 30.3 Å². The summed E-state index contributed by atoms with van der Waals surface area (Å²) in [5, 5.41) is 3.87. The number of nitrogens with zero attached hydrogens (tertiary/aromatic N) is 1. The molecule has 2 unspecified atom stereocenters. The molecular weight excluding hydrogens is 256 g/mol. The number of hydrogen-bond acceptors (Lipinski definition) is 2. The van der Waals surface area contributed by atoms with Crippen molar-refractivity contribution < 1.29 is 0 Å². The van der Waals surface area contributed by atoms with E-state index >= 15 is 0 Å². The minimum Gasteiger partial charge on any atom is -0.312 e. The average Bonchev–Trinajstić information content (AvgIpc) is 3.10. The van der Waals surface area contributed by atoms with Crippen LogP contribution < -0.4 is 5.32 Å². The third kappa shape index (κ3) is 3.87. The van der Waals surface area contributed by atoms with Gasteiger partial charge in [-0.2, -0.15) is 0 Å². The zero-order valence-electron chi connectivity index (χ0n) is 13.6. The van der Waals surface area contributed by atoms with Gasteiger partial charge in [0.05, 0.1) is 0 Å². The minimum absolute atomic E-state index is 0.535. The molecule has 2 fully saturated rings. The van der Waals surface area contributed by atoms with Gasteiger partial charge in [-0.15, -0.1) is 0 Å². The quantitative estimate of drug-likeness (QED) is 0.880. The van der Waals surface area contributed by atoms with Crippen molar-refractivity contribution in [2.24, 2.45) is 5.41 Å². The summed E-state index contributed by atoms with van der Waals surface area (Å²) in [6.45, 7) is 8.44. The van der Waals surface area contributed by atoms with E-state index in [4.69, 9.17) is 0 Å². The molecule has 1 saturated carbocycles. The Labute approximate surface area is 129 Å². The lowest BCUT2D eigenvalue weighted by Gasteiger charge is -2.30. The van der Waals surface area contributed by atoms with E-state index in [1.807, 2.05) is 0 Å². The number of benzene rings is 1. The molecule has 1 aliphatic carbocycles. The summed E-state index contributed by atoms with van der Waals surface area (Å²) in [4.78, 5) is 2.67. The largest absolute Gasteiger partial charge is 0.312 e. The molecule has 116 valence electrons. The summed E-state index contributed by atoms with van der Waals surface area (Å²) in [6.07, 6.45) is 6.76. The van der Waals surface area contributed by atoms with Crippen molar-refractivity contribution in [3.05, 3.63) is 35.9 Å². The molecule has 0 bridgehead atoms. The molecule has 0 spiro atoms. The van der Waals surface area contributed by atoms with Gasteiger partial charge in [0, 0.05) is 18.6 Å². The molecule has 0 radical (unpaired) electrons. The predicted octanol–water partition coefficient (Wildman–Crippen LogP) is 3.99. The van der Waals surface area contributed by atoms with Crippen molar-refractivity contribution in [3.63, 3.8) is 0 Å². The third-order valence-corrected chi connectivity index (χ3v) is 5.33. The summed E-state index contributed by atoms with van der Waals surface area (Å²) in [5.74, 6) is 0. The standard InChI is InChI=1S/C19H30N2/c1-19(2)11-10-17(14-19)20-15-18(21-12-6-7-13-21)16-8-4-3-5-9-16/h3-5,8-9,17-18,20H,6-7,10-15H2,1-2H3. The van der Waals surface area contributed by atoms with Crippen LogP contribution in [0.1, 0.15) is 57.6 Å². The molecule has 0 aromatic heterocycles. The summed E-state index contributed by atoms with van der Waals surface area (Å²) >= 11 is 0. The van der Waals surface area contributed by atoms with E-state index in [2.05, 4.69) is 54.4 Å². The van der Waals surface area contributed by atoms with Gasteiger partial charge >= 0.3 is 0 Å². The third-order valence-electron chi connectivity index (χ3n) is 5.33.